The molecule has 1 amide bonds. The van der Waals surface area contributed by atoms with Gasteiger partial charge >= 0.3 is 0 Å². The highest BCUT2D eigenvalue weighted by molar-refractivity contribution is 7.17. The van der Waals surface area contributed by atoms with Crippen LogP contribution in [0, 0.1) is 0 Å². The summed E-state index contributed by atoms with van der Waals surface area (Å²) in [6, 6.07) is 9.81. The molecule has 2 aromatic heterocycles. The molecule has 134 valence electrons. The van der Waals surface area contributed by atoms with E-state index in [0.717, 1.165) is 24.2 Å². The Kier molecular flexibility index (Phi) is 4.57. The zero-order valence-electron chi connectivity index (χ0n) is 14.6. The maximum absolute atomic E-state index is 13.0. The smallest absolute Gasteiger partial charge is 0.263 e. The van der Waals surface area contributed by atoms with E-state index in [1.807, 2.05) is 47.7 Å². The highest BCUT2D eigenvalue weighted by Crippen LogP contribution is 2.30. The first kappa shape index (κ1) is 16.9. The number of nitrogens with zero attached hydrogens (tertiary/aromatic N) is 4. The van der Waals surface area contributed by atoms with E-state index in [-0.39, 0.29) is 18.0 Å². The van der Waals surface area contributed by atoms with Crippen molar-refractivity contribution in [3.8, 4) is 11.1 Å². The Balaban J connectivity index is 1.65. The summed E-state index contributed by atoms with van der Waals surface area (Å²) in [5, 5.41) is 2.55. The molecule has 7 heteroatoms. The molecule has 1 aromatic carbocycles. The van der Waals surface area contributed by atoms with Crippen LogP contribution < -0.4 is 5.56 Å². The van der Waals surface area contributed by atoms with Crippen molar-refractivity contribution < 1.29 is 4.79 Å². The van der Waals surface area contributed by atoms with Crippen LogP contribution in [0.2, 0.25) is 0 Å². The lowest BCUT2D eigenvalue weighted by Gasteiger charge is -2.32. The number of hydrogen-bond donors (Lipinski definition) is 0. The van der Waals surface area contributed by atoms with E-state index in [1.165, 1.54) is 22.2 Å². The summed E-state index contributed by atoms with van der Waals surface area (Å²) in [5.74, 6) is -0.0298. The molecular formula is C19H20N4O2S. The summed E-state index contributed by atoms with van der Waals surface area (Å²) >= 11 is 1.45. The van der Waals surface area contributed by atoms with Gasteiger partial charge in [-0.3, -0.25) is 14.2 Å². The SMILES string of the molecule is CN1CCN(C(=O)Cn2cnc3scc(-c4ccccc4)c3c2=O)CC1. The van der Waals surface area contributed by atoms with Gasteiger partial charge in [-0.25, -0.2) is 4.98 Å². The summed E-state index contributed by atoms with van der Waals surface area (Å²) in [6.45, 7) is 3.16. The van der Waals surface area contributed by atoms with Gasteiger partial charge in [-0.05, 0) is 12.6 Å². The quantitative estimate of drug-likeness (QED) is 0.709. The molecule has 0 unspecified atom stereocenters. The second-order valence-electron chi connectivity index (χ2n) is 6.56. The van der Waals surface area contributed by atoms with Gasteiger partial charge in [-0.1, -0.05) is 30.3 Å². The molecule has 0 saturated carbocycles. The summed E-state index contributed by atoms with van der Waals surface area (Å²) < 4.78 is 1.43. The standard InChI is InChI=1S/C19H20N4O2S/c1-21-7-9-22(10-8-21)16(24)11-23-13-20-18-17(19(23)25)15(12-26-18)14-5-3-2-4-6-14/h2-6,12-13H,7-11H2,1H3. The van der Waals surface area contributed by atoms with Crippen molar-refractivity contribution >= 4 is 27.5 Å². The number of amides is 1. The molecule has 26 heavy (non-hydrogen) atoms. The van der Waals surface area contributed by atoms with Gasteiger partial charge in [0.25, 0.3) is 5.56 Å². The number of benzene rings is 1. The fraction of sp³-hybridized carbons (Fsp3) is 0.316. The van der Waals surface area contributed by atoms with Crippen LogP contribution in [0.25, 0.3) is 21.3 Å². The Morgan fingerprint density at radius 1 is 1.15 bits per heavy atom. The minimum atomic E-state index is -0.155. The zero-order valence-corrected chi connectivity index (χ0v) is 15.4. The van der Waals surface area contributed by atoms with Gasteiger partial charge in [0, 0.05) is 37.1 Å². The molecule has 0 radical (unpaired) electrons. The first-order valence-corrected chi connectivity index (χ1v) is 9.50. The second kappa shape index (κ2) is 7.01. The Labute approximate surface area is 155 Å². The number of rotatable bonds is 3. The van der Waals surface area contributed by atoms with Crippen LogP contribution in [-0.4, -0.2) is 58.5 Å². The molecule has 4 rings (SSSR count). The van der Waals surface area contributed by atoms with Gasteiger partial charge in [-0.2, -0.15) is 0 Å². The normalized spacial score (nSPS) is 15.5. The number of carbonyl (C=O) groups is 1. The van der Waals surface area contributed by atoms with Crippen molar-refractivity contribution in [1.29, 1.82) is 0 Å². The maximum Gasteiger partial charge on any atom is 0.263 e. The summed E-state index contributed by atoms with van der Waals surface area (Å²) in [4.78, 5) is 34.7. The molecule has 1 aliphatic rings. The van der Waals surface area contributed by atoms with Crippen molar-refractivity contribution in [2.45, 2.75) is 6.54 Å². The number of carbonyl (C=O) groups excluding carboxylic acids is 1. The average Bonchev–Trinajstić information content (AvgIpc) is 3.10. The molecule has 0 aliphatic carbocycles. The minimum Gasteiger partial charge on any atom is -0.339 e. The van der Waals surface area contributed by atoms with E-state index in [1.54, 1.807) is 0 Å². The van der Waals surface area contributed by atoms with Crippen molar-refractivity contribution in [1.82, 2.24) is 19.4 Å². The van der Waals surface area contributed by atoms with Gasteiger partial charge in [0.05, 0.1) is 11.7 Å². The van der Waals surface area contributed by atoms with Gasteiger partial charge in [0.1, 0.15) is 11.4 Å². The Hall–Kier alpha value is -2.51. The first-order valence-electron chi connectivity index (χ1n) is 8.62. The van der Waals surface area contributed by atoms with Gasteiger partial charge in [-0.15, -0.1) is 11.3 Å². The largest absolute Gasteiger partial charge is 0.339 e. The molecule has 6 nitrogen and oxygen atoms in total. The van der Waals surface area contributed by atoms with Gasteiger partial charge in [0.2, 0.25) is 5.91 Å². The van der Waals surface area contributed by atoms with E-state index in [0.29, 0.717) is 23.3 Å². The van der Waals surface area contributed by atoms with Crippen molar-refractivity contribution in [3.63, 3.8) is 0 Å². The Morgan fingerprint density at radius 2 is 1.88 bits per heavy atom. The summed E-state index contributed by atoms with van der Waals surface area (Å²) in [5.41, 5.74) is 1.71. The fourth-order valence-electron chi connectivity index (χ4n) is 3.21. The lowest BCUT2D eigenvalue weighted by atomic mass is 10.1. The van der Waals surface area contributed by atoms with Crippen LogP contribution in [0.5, 0.6) is 0 Å². The van der Waals surface area contributed by atoms with Crippen LogP contribution in [0.1, 0.15) is 0 Å². The molecule has 0 N–H and O–H groups in total. The average molecular weight is 368 g/mol. The molecule has 3 aromatic rings. The summed E-state index contributed by atoms with van der Waals surface area (Å²) in [6.07, 6.45) is 1.49. The van der Waals surface area contributed by atoms with Crippen LogP contribution in [0.4, 0.5) is 0 Å². The van der Waals surface area contributed by atoms with Gasteiger partial charge in [0.15, 0.2) is 0 Å². The molecule has 0 bridgehead atoms. The number of thiophene rings is 1. The zero-order chi connectivity index (χ0) is 18.1. The number of fused-ring (bicyclic) bond motifs is 1. The monoisotopic (exact) mass is 368 g/mol. The lowest BCUT2D eigenvalue weighted by Crippen LogP contribution is -2.48. The van der Waals surface area contributed by atoms with Gasteiger partial charge < -0.3 is 9.80 Å². The van der Waals surface area contributed by atoms with Crippen LogP contribution in [0.3, 0.4) is 0 Å². The van der Waals surface area contributed by atoms with E-state index in [4.69, 9.17) is 0 Å². The molecule has 1 saturated heterocycles. The molecule has 0 spiro atoms. The Morgan fingerprint density at radius 3 is 2.62 bits per heavy atom. The number of likely N-dealkylation sites (N-methyl/N-ethyl adjacent to an activating group) is 1. The Bertz CT molecular complexity index is 988. The second-order valence-corrected chi connectivity index (χ2v) is 7.42. The van der Waals surface area contributed by atoms with E-state index in [9.17, 15) is 9.59 Å². The first-order chi connectivity index (χ1) is 12.6. The third-order valence-corrected chi connectivity index (χ3v) is 5.69. The van der Waals surface area contributed by atoms with E-state index < -0.39 is 0 Å². The topological polar surface area (TPSA) is 58.4 Å². The van der Waals surface area contributed by atoms with E-state index in [2.05, 4.69) is 9.88 Å². The van der Waals surface area contributed by atoms with Crippen LogP contribution in [-0.2, 0) is 11.3 Å². The third-order valence-electron chi connectivity index (χ3n) is 4.81. The predicted molar refractivity (Wildman–Crippen MR) is 103 cm³/mol. The summed E-state index contributed by atoms with van der Waals surface area (Å²) in [7, 11) is 2.05. The molecule has 0 atom stereocenters. The minimum absolute atomic E-state index is 0.0298. The molecular weight excluding hydrogens is 348 g/mol. The van der Waals surface area contributed by atoms with Crippen molar-refractivity contribution in [2.24, 2.45) is 0 Å². The van der Waals surface area contributed by atoms with E-state index >= 15 is 0 Å². The molecule has 3 heterocycles. The fourth-order valence-corrected chi connectivity index (χ4v) is 4.12. The van der Waals surface area contributed by atoms with Crippen LogP contribution >= 0.6 is 11.3 Å². The highest BCUT2D eigenvalue weighted by Gasteiger charge is 2.20. The predicted octanol–water partition coefficient (Wildman–Crippen LogP) is 1.90. The third kappa shape index (κ3) is 3.15. The van der Waals surface area contributed by atoms with Crippen molar-refractivity contribution in [3.05, 3.63) is 52.4 Å². The number of aromatic nitrogens is 2. The van der Waals surface area contributed by atoms with Crippen molar-refractivity contribution in [2.75, 3.05) is 33.2 Å². The lowest BCUT2D eigenvalue weighted by molar-refractivity contribution is -0.133. The van der Waals surface area contributed by atoms with Crippen LogP contribution in [0.15, 0.2) is 46.8 Å². The highest BCUT2D eigenvalue weighted by atomic mass is 32.1. The molecule has 1 aliphatic heterocycles. The number of piperazine rings is 1. The maximum atomic E-state index is 13.0. The molecule has 1 fully saturated rings. The number of hydrogen-bond acceptors (Lipinski definition) is 5.